The highest BCUT2D eigenvalue weighted by Crippen LogP contribution is 2.26. The molecule has 0 bridgehead atoms. The van der Waals surface area contributed by atoms with E-state index in [9.17, 15) is 18.7 Å². The summed E-state index contributed by atoms with van der Waals surface area (Å²) in [5.41, 5.74) is 3.67. The van der Waals surface area contributed by atoms with E-state index in [1.165, 1.54) is 23.3 Å². The van der Waals surface area contributed by atoms with Crippen molar-refractivity contribution in [3.05, 3.63) is 101 Å². The minimum absolute atomic E-state index is 0.0164. The van der Waals surface area contributed by atoms with Gasteiger partial charge in [0.2, 0.25) is 0 Å². The Morgan fingerprint density at radius 1 is 1.08 bits per heavy atom. The summed E-state index contributed by atoms with van der Waals surface area (Å²) in [6.45, 7) is 1.41. The first-order valence-electron chi connectivity index (χ1n) is 12.5. The van der Waals surface area contributed by atoms with Crippen LogP contribution < -0.4 is 15.4 Å². The predicted octanol–water partition coefficient (Wildman–Crippen LogP) is 3.95. The largest absolute Gasteiger partial charge is 0.412 e. The number of amides is 1. The van der Waals surface area contributed by atoms with E-state index >= 15 is 0 Å². The molecule has 9 heteroatoms. The van der Waals surface area contributed by atoms with Crippen molar-refractivity contribution < 1.29 is 28.2 Å². The van der Waals surface area contributed by atoms with Crippen LogP contribution in [0, 0.1) is 11.6 Å². The lowest BCUT2D eigenvalue weighted by Gasteiger charge is -2.30. The van der Waals surface area contributed by atoms with E-state index in [2.05, 4.69) is 27.7 Å². The molecule has 0 aromatic heterocycles. The molecule has 4 rings (SSSR count). The van der Waals surface area contributed by atoms with Gasteiger partial charge in [-0.2, -0.15) is 0 Å². The Labute approximate surface area is 221 Å². The van der Waals surface area contributed by atoms with Gasteiger partial charge in [-0.1, -0.05) is 36.4 Å². The second kappa shape index (κ2) is 12.9. The maximum absolute atomic E-state index is 13.8. The zero-order valence-corrected chi connectivity index (χ0v) is 21.5. The Balaban J connectivity index is 1.45. The fourth-order valence-corrected chi connectivity index (χ4v) is 4.55. The molecule has 0 aliphatic carbocycles. The van der Waals surface area contributed by atoms with Gasteiger partial charge < -0.3 is 24.8 Å². The molecule has 1 amide bonds. The van der Waals surface area contributed by atoms with Gasteiger partial charge in [0.1, 0.15) is 23.6 Å². The average molecular weight is 526 g/mol. The summed E-state index contributed by atoms with van der Waals surface area (Å²) in [5.74, 6) is -1.15. The van der Waals surface area contributed by atoms with E-state index in [1.807, 2.05) is 20.2 Å². The molecule has 0 spiro atoms. The molecule has 38 heavy (non-hydrogen) atoms. The van der Waals surface area contributed by atoms with Gasteiger partial charge in [-0.25, -0.2) is 13.6 Å². The van der Waals surface area contributed by atoms with Crippen LogP contribution in [0.1, 0.15) is 28.5 Å². The minimum atomic E-state index is -1.12. The van der Waals surface area contributed by atoms with Gasteiger partial charge >= 0.3 is 6.09 Å². The molecular weight excluding hydrogens is 492 g/mol. The quantitative estimate of drug-likeness (QED) is 0.372. The number of benzene rings is 3. The van der Waals surface area contributed by atoms with Crippen molar-refractivity contribution in [3.8, 4) is 5.75 Å². The van der Waals surface area contributed by atoms with E-state index in [-0.39, 0.29) is 13.0 Å². The number of fused-ring (bicyclic) bond motifs is 1. The van der Waals surface area contributed by atoms with Crippen molar-refractivity contribution in [1.82, 2.24) is 15.5 Å². The van der Waals surface area contributed by atoms with Crippen LogP contribution in [-0.2, 0) is 24.1 Å². The maximum Gasteiger partial charge on any atom is 0.412 e. The third-order valence-electron chi connectivity index (χ3n) is 6.26. The number of nitrogens with zero attached hydrogens (tertiary/aromatic N) is 1. The van der Waals surface area contributed by atoms with Gasteiger partial charge in [-0.15, -0.1) is 0 Å². The van der Waals surface area contributed by atoms with Crippen LogP contribution in [-0.4, -0.2) is 55.5 Å². The molecule has 1 unspecified atom stereocenters. The normalized spacial score (nSPS) is 16.5. The number of aliphatic hydroxyl groups is 1. The molecule has 3 aromatic rings. The van der Waals surface area contributed by atoms with Crippen molar-refractivity contribution in [1.29, 1.82) is 0 Å². The molecule has 3 atom stereocenters. The van der Waals surface area contributed by atoms with Gasteiger partial charge in [0, 0.05) is 19.2 Å². The Kier molecular flexibility index (Phi) is 9.41. The number of carbonyl (C=O) groups is 1. The molecule has 1 aliphatic rings. The van der Waals surface area contributed by atoms with Crippen LogP contribution in [0.3, 0.4) is 0 Å². The van der Waals surface area contributed by atoms with Crippen molar-refractivity contribution in [2.24, 2.45) is 0 Å². The van der Waals surface area contributed by atoms with Crippen molar-refractivity contribution >= 4 is 6.09 Å². The van der Waals surface area contributed by atoms with Crippen LogP contribution in [0.5, 0.6) is 5.75 Å². The van der Waals surface area contributed by atoms with E-state index in [0.717, 1.165) is 24.6 Å². The van der Waals surface area contributed by atoms with Gasteiger partial charge in [-0.05, 0) is 73.5 Å². The maximum atomic E-state index is 13.8. The van der Waals surface area contributed by atoms with Crippen molar-refractivity contribution in [2.75, 3.05) is 27.2 Å². The van der Waals surface area contributed by atoms with Crippen LogP contribution in [0.2, 0.25) is 0 Å². The Morgan fingerprint density at radius 2 is 1.82 bits per heavy atom. The first kappa shape index (κ1) is 27.7. The third-order valence-corrected chi connectivity index (χ3v) is 6.26. The zero-order chi connectivity index (χ0) is 27.1. The lowest BCUT2D eigenvalue weighted by molar-refractivity contribution is 0.00623. The monoisotopic (exact) mass is 525 g/mol. The van der Waals surface area contributed by atoms with Crippen LogP contribution >= 0.6 is 0 Å². The Morgan fingerprint density at radius 3 is 2.53 bits per heavy atom. The van der Waals surface area contributed by atoms with E-state index < -0.39 is 36.1 Å². The second-order valence-corrected chi connectivity index (χ2v) is 9.68. The molecule has 1 aliphatic heterocycles. The topological polar surface area (TPSA) is 83.1 Å². The molecule has 3 N–H and O–H groups in total. The summed E-state index contributed by atoms with van der Waals surface area (Å²) >= 11 is 0. The van der Waals surface area contributed by atoms with Gasteiger partial charge in [0.25, 0.3) is 0 Å². The Hall–Kier alpha value is -3.37. The molecule has 202 valence electrons. The second-order valence-electron chi connectivity index (χ2n) is 9.68. The van der Waals surface area contributed by atoms with Gasteiger partial charge in [-0.3, -0.25) is 5.32 Å². The summed E-state index contributed by atoms with van der Waals surface area (Å²) in [4.78, 5) is 14.7. The van der Waals surface area contributed by atoms with E-state index in [4.69, 9.17) is 9.47 Å². The molecule has 1 heterocycles. The third kappa shape index (κ3) is 7.82. The number of hydrogen-bond donors (Lipinski definition) is 3. The number of para-hydroxylation sites is 1. The van der Waals surface area contributed by atoms with Crippen molar-refractivity contribution in [3.63, 3.8) is 0 Å². The number of rotatable bonds is 10. The van der Waals surface area contributed by atoms with E-state index in [1.54, 1.807) is 30.3 Å². The molecule has 3 aromatic carbocycles. The highest BCUT2D eigenvalue weighted by molar-refractivity contribution is 5.70. The van der Waals surface area contributed by atoms with Crippen LogP contribution in [0.4, 0.5) is 13.6 Å². The van der Waals surface area contributed by atoms with Crippen molar-refractivity contribution in [2.45, 2.75) is 37.8 Å². The summed E-state index contributed by atoms with van der Waals surface area (Å²) in [6.07, 6.45) is -1.57. The first-order valence-corrected chi connectivity index (χ1v) is 12.5. The van der Waals surface area contributed by atoms with E-state index in [0.29, 0.717) is 17.9 Å². The van der Waals surface area contributed by atoms with Gasteiger partial charge in [0.15, 0.2) is 0 Å². The summed E-state index contributed by atoms with van der Waals surface area (Å²) < 4.78 is 38.9. The SMILES string of the molecule is CN(C)Cc1ccc2c(c1)CCOC2NC[C@@H](O)[C@H](Cc1cc(F)cc(F)c1)NC(=O)Oc1ccccc1. The summed E-state index contributed by atoms with van der Waals surface area (Å²) in [6, 6.07) is 17.0. The standard InChI is InChI=1S/C29H33F2N3O4/c1-34(2)18-19-8-9-25-21(12-19)10-11-37-28(25)32-17-27(35)26(15-20-13-22(30)16-23(31)14-20)33-29(36)38-24-6-4-3-5-7-24/h3-9,12-14,16,26-28,32,35H,10-11,15,17-18H2,1-2H3,(H,33,36)/t26-,27+,28?/m0/s1. The van der Waals surface area contributed by atoms with Gasteiger partial charge in [0.05, 0.1) is 18.8 Å². The smallest absolute Gasteiger partial charge is 0.410 e. The molecule has 0 radical (unpaired) electrons. The fraction of sp³-hybridized carbons (Fsp3) is 0.345. The Bertz CT molecular complexity index is 1210. The number of aliphatic hydroxyl groups excluding tert-OH is 1. The predicted molar refractivity (Wildman–Crippen MR) is 140 cm³/mol. The summed E-state index contributed by atoms with van der Waals surface area (Å²) in [5, 5.41) is 16.9. The molecule has 0 saturated heterocycles. The first-order chi connectivity index (χ1) is 18.3. The zero-order valence-electron chi connectivity index (χ0n) is 21.5. The molecular formula is C29H33F2N3O4. The molecule has 7 nitrogen and oxygen atoms in total. The molecule has 0 saturated carbocycles. The number of halogens is 2. The highest BCUT2D eigenvalue weighted by atomic mass is 19.1. The lowest BCUT2D eigenvalue weighted by atomic mass is 9.97. The lowest BCUT2D eigenvalue weighted by Crippen LogP contribution is -2.50. The number of ether oxygens (including phenoxy) is 2. The average Bonchev–Trinajstić information content (AvgIpc) is 2.86. The number of nitrogens with one attached hydrogen (secondary N) is 2. The molecule has 0 fully saturated rings. The number of hydrogen-bond acceptors (Lipinski definition) is 6. The highest BCUT2D eigenvalue weighted by Gasteiger charge is 2.27. The van der Waals surface area contributed by atoms with Crippen LogP contribution in [0.15, 0.2) is 66.7 Å². The minimum Gasteiger partial charge on any atom is -0.410 e. The van der Waals surface area contributed by atoms with Crippen LogP contribution in [0.25, 0.3) is 0 Å². The fourth-order valence-electron chi connectivity index (χ4n) is 4.55. The number of carbonyl (C=O) groups excluding carboxylic acids is 1. The summed E-state index contributed by atoms with van der Waals surface area (Å²) in [7, 11) is 4.04.